The lowest BCUT2D eigenvalue weighted by molar-refractivity contribution is -0.139. The van der Waals surface area contributed by atoms with Crippen LogP contribution >= 0.6 is 46.4 Å². The molecule has 3 rings (SSSR count). The van der Waals surface area contributed by atoms with Gasteiger partial charge in [0.15, 0.2) is 0 Å². The van der Waals surface area contributed by atoms with Crippen LogP contribution in [-0.2, 0) is 26.2 Å². The molecule has 0 fully saturated rings. The third kappa shape index (κ3) is 8.04. The van der Waals surface area contributed by atoms with Gasteiger partial charge < -0.3 is 10.2 Å². The highest BCUT2D eigenvalue weighted by Gasteiger charge is 2.33. The summed E-state index contributed by atoms with van der Waals surface area (Å²) in [6, 6.07) is 15.6. The van der Waals surface area contributed by atoms with Gasteiger partial charge in [0.05, 0.1) is 20.6 Å². The average Bonchev–Trinajstić information content (AvgIpc) is 2.91. The summed E-state index contributed by atoms with van der Waals surface area (Å²) in [7, 11) is -4.24. The first-order chi connectivity index (χ1) is 18.8. The second-order valence-corrected chi connectivity index (χ2v) is 12.8. The second kappa shape index (κ2) is 13.9. The van der Waals surface area contributed by atoms with Crippen molar-refractivity contribution in [1.82, 2.24) is 10.2 Å². The second-order valence-electron chi connectivity index (χ2n) is 9.21. The molecular weight excluding hydrogens is 616 g/mol. The van der Waals surface area contributed by atoms with Gasteiger partial charge in [-0.15, -0.1) is 0 Å². The summed E-state index contributed by atoms with van der Waals surface area (Å²) in [6.07, 6.45) is 0.696. The van der Waals surface area contributed by atoms with Gasteiger partial charge in [0.25, 0.3) is 10.0 Å². The Bertz CT molecular complexity index is 1470. The van der Waals surface area contributed by atoms with E-state index < -0.39 is 28.5 Å². The number of carbonyl (C=O) groups is 2. The fourth-order valence-electron chi connectivity index (χ4n) is 3.78. The minimum atomic E-state index is -4.24. The molecular formula is C28H29Cl4N3O4S. The van der Waals surface area contributed by atoms with Crippen LogP contribution in [0.15, 0.2) is 71.6 Å². The summed E-state index contributed by atoms with van der Waals surface area (Å²) in [5.41, 5.74) is 0.794. The van der Waals surface area contributed by atoms with Crippen LogP contribution in [-0.4, -0.2) is 43.8 Å². The van der Waals surface area contributed by atoms with Gasteiger partial charge in [-0.2, -0.15) is 0 Å². The van der Waals surface area contributed by atoms with Crippen molar-refractivity contribution in [3.63, 3.8) is 0 Å². The van der Waals surface area contributed by atoms with E-state index in [1.54, 1.807) is 37.3 Å². The standard InChI is InChI=1S/C28H29Cl4N3O4S/c1-4-18(2)33-28(37)19(3)34(16-20-8-13-25(31)26(32)14-20)27(36)17-35(23-7-5-6-22(30)15-23)40(38,39)24-11-9-21(29)10-12-24/h5-15,18-19H,4,16-17H2,1-3H3,(H,33,37). The minimum absolute atomic E-state index is 0.0187. The Hall–Kier alpha value is -2.49. The van der Waals surface area contributed by atoms with Gasteiger partial charge in [-0.05, 0) is 80.4 Å². The SMILES string of the molecule is CCC(C)NC(=O)C(C)N(Cc1ccc(Cl)c(Cl)c1)C(=O)CN(c1cccc(Cl)c1)S(=O)(=O)c1ccc(Cl)cc1. The van der Waals surface area contributed by atoms with Crippen molar-refractivity contribution in [3.05, 3.63) is 92.4 Å². The molecule has 0 spiro atoms. The molecule has 214 valence electrons. The number of hydrogen-bond donors (Lipinski definition) is 1. The Morgan fingerprint density at radius 2 is 1.55 bits per heavy atom. The average molecular weight is 645 g/mol. The number of nitrogens with zero attached hydrogens (tertiary/aromatic N) is 2. The predicted octanol–water partition coefficient (Wildman–Crippen LogP) is 6.83. The summed E-state index contributed by atoms with van der Waals surface area (Å²) in [4.78, 5) is 28.3. The zero-order chi connectivity index (χ0) is 29.6. The maximum absolute atomic E-state index is 13.9. The first-order valence-electron chi connectivity index (χ1n) is 12.4. The molecule has 3 aromatic rings. The summed E-state index contributed by atoms with van der Waals surface area (Å²) < 4.78 is 28.6. The quantitative estimate of drug-likeness (QED) is 0.248. The Balaban J connectivity index is 2.04. The zero-order valence-corrected chi connectivity index (χ0v) is 25.9. The van der Waals surface area contributed by atoms with Crippen molar-refractivity contribution in [2.75, 3.05) is 10.8 Å². The third-order valence-electron chi connectivity index (χ3n) is 6.28. The number of halogens is 4. The van der Waals surface area contributed by atoms with Crippen LogP contribution in [0.5, 0.6) is 0 Å². The lowest BCUT2D eigenvalue weighted by atomic mass is 10.1. The molecule has 40 heavy (non-hydrogen) atoms. The number of sulfonamides is 1. The minimum Gasteiger partial charge on any atom is -0.352 e. The normalized spacial score (nSPS) is 12.9. The van der Waals surface area contributed by atoms with Crippen molar-refractivity contribution in [2.45, 2.75) is 50.7 Å². The van der Waals surface area contributed by atoms with Crippen molar-refractivity contribution in [3.8, 4) is 0 Å². The Kier molecular flexibility index (Phi) is 11.1. The third-order valence-corrected chi connectivity index (χ3v) is 9.30. The summed E-state index contributed by atoms with van der Waals surface area (Å²) in [5, 5.41) is 4.16. The lowest BCUT2D eigenvalue weighted by Gasteiger charge is -2.32. The van der Waals surface area contributed by atoms with Crippen molar-refractivity contribution in [1.29, 1.82) is 0 Å². The lowest BCUT2D eigenvalue weighted by Crippen LogP contribution is -2.52. The van der Waals surface area contributed by atoms with Gasteiger partial charge in [-0.1, -0.05) is 65.5 Å². The molecule has 0 aliphatic carbocycles. The maximum atomic E-state index is 13.9. The van der Waals surface area contributed by atoms with Gasteiger partial charge in [-0.3, -0.25) is 13.9 Å². The molecule has 2 unspecified atom stereocenters. The van der Waals surface area contributed by atoms with Crippen molar-refractivity contribution >= 4 is 73.9 Å². The van der Waals surface area contributed by atoms with E-state index in [4.69, 9.17) is 46.4 Å². The first-order valence-corrected chi connectivity index (χ1v) is 15.4. The van der Waals surface area contributed by atoms with Gasteiger partial charge >= 0.3 is 0 Å². The van der Waals surface area contributed by atoms with Crippen LogP contribution in [0.25, 0.3) is 0 Å². The summed E-state index contributed by atoms with van der Waals surface area (Å²) in [6.45, 7) is 4.75. The molecule has 0 saturated heterocycles. The number of carbonyl (C=O) groups excluding carboxylic acids is 2. The number of amides is 2. The van der Waals surface area contributed by atoms with Crippen LogP contribution in [0.1, 0.15) is 32.8 Å². The number of nitrogens with one attached hydrogen (secondary N) is 1. The van der Waals surface area contributed by atoms with E-state index in [0.717, 1.165) is 4.31 Å². The van der Waals surface area contributed by atoms with Gasteiger partial charge in [0.1, 0.15) is 12.6 Å². The fourth-order valence-corrected chi connectivity index (χ4v) is 5.81. The molecule has 0 radical (unpaired) electrons. The smallest absolute Gasteiger partial charge is 0.264 e. The summed E-state index contributed by atoms with van der Waals surface area (Å²) >= 11 is 24.4. The molecule has 0 aromatic heterocycles. The van der Waals surface area contributed by atoms with Gasteiger partial charge in [0, 0.05) is 22.6 Å². The monoisotopic (exact) mass is 643 g/mol. The van der Waals surface area contributed by atoms with Crippen LogP contribution in [0.2, 0.25) is 20.1 Å². The zero-order valence-electron chi connectivity index (χ0n) is 22.1. The largest absolute Gasteiger partial charge is 0.352 e. The van der Waals surface area contributed by atoms with Crippen LogP contribution < -0.4 is 9.62 Å². The maximum Gasteiger partial charge on any atom is 0.264 e. The highest BCUT2D eigenvalue weighted by molar-refractivity contribution is 7.92. The van der Waals surface area contributed by atoms with E-state index in [1.165, 1.54) is 41.3 Å². The fraction of sp³-hybridized carbons (Fsp3) is 0.286. The van der Waals surface area contributed by atoms with Crippen LogP contribution in [0.3, 0.4) is 0 Å². The molecule has 2 amide bonds. The van der Waals surface area contributed by atoms with E-state index in [0.29, 0.717) is 22.0 Å². The molecule has 1 N–H and O–H groups in total. The molecule has 3 aromatic carbocycles. The highest BCUT2D eigenvalue weighted by Crippen LogP contribution is 2.28. The first kappa shape index (κ1) is 32.0. The molecule has 12 heteroatoms. The van der Waals surface area contributed by atoms with E-state index in [2.05, 4.69) is 5.32 Å². The van der Waals surface area contributed by atoms with E-state index >= 15 is 0 Å². The van der Waals surface area contributed by atoms with Gasteiger partial charge in [0.2, 0.25) is 11.8 Å². The number of benzene rings is 3. The molecule has 0 aliphatic rings. The van der Waals surface area contributed by atoms with Crippen molar-refractivity contribution < 1.29 is 18.0 Å². The van der Waals surface area contributed by atoms with E-state index in [-0.39, 0.29) is 39.1 Å². The highest BCUT2D eigenvalue weighted by atomic mass is 35.5. The Labute approximate surface area is 255 Å². The molecule has 2 atom stereocenters. The van der Waals surface area contributed by atoms with E-state index in [9.17, 15) is 18.0 Å². The Morgan fingerprint density at radius 1 is 0.875 bits per heavy atom. The number of rotatable bonds is 11. The molecule has 0 aliphatic heterocycles. The number of hydrogen-bond acceptors (Lipinski definition) is 4. The Morgan fingerprint density at radius 3 is 2.15 bits per heavy atom. The van der Waals surface area contributed by atoms with Crippen molar-refractivity contribution in [2.24, 2.45) is 0 Å². The van der Waals surface area contributed by atoms with Crippen LogP contribution in [0, 0.1) is 0 Å². The molecule has 0 saturated carbocycles. The molecule has 0 heterocycles. The summed E-state index contributed by atoms with van der Waals surface area (Å²) in [5.74, 6) is -0.993. The molecule has 7 nitrogen and oxygen atoms in total. The number of anilines is 1. The molecule has 0 bridgehead atoms. The van der Waals surface area contributed by atoms with E-state index in [1.807, 2.05) is 13.8 Å². The predicted molar refractivity (Wildman–Crippen MR) is 162 cm³/mol. The van der Waals surface area contributed by atoms with Crippen LogP contribution in [0.4, 0.5) is 5.69 Å². The van der Waals surface area contributed by atoms with Gasteiger partial charge in [-0.25, -0.2) is 8.42 Å². The topological polar surface area (TPSA) is 86.8 Å².